The average Bonchev–Trinajstić information content (AvgIpc) is 3.01. The summed E-state index contributed by atoms with van der Waals surface area (Å²) in [6.07, 6.45) is 1.59. The lowest BCUT2D eigenvalue weighted by Gasteiger charge is -2.23. The summed E-state index contributed by atoms with van der Waals surface area (Å²) in [4.78, 5) is 38.4. The zero-order chi connectivity index (χ0) is 20.7. The van der Waals surface area contributed by atoms with Gasteiger partial charge in [0.15, 0.2) is 5.65 Å². The van der Waals surface area contributed by atoms with Gasteiger partial charge in [-0.25, -0.2) is 23.7 Å². The second kappa shape index (κ2) is 7.11. The molecule has 0 fully saturated rings. The molecule has 30 heavy (non-hydrogen) atoms. The first kappa shape index (κ1) is 18.0. The molecule has 0 saturated heterocycles. The van der Waals surface area contributed by atoms with Crippen LogP contribution in [0.3, 0.4) is 0 Å². The van der Waals surface area contributed by atoms with Gasteiger partial charge >= 0.3 is 5.69 Å². The molecule has 3 aromatic heterocycles. The Bertz CT molecular complexity index is 1330. The third-order valence-corrected chi connectivity index (χ3v) is 5.08. The molecule has 0 radical (unpaired) electrons. The van der Waals surface area contributed by atoms with Gasteiger partial charge in [-0.15, -0.1) is 0 Å². The third-order valence-electron chi connectivity index (χ3n) is 5.08. The maximum absolute atomic E-state index is 14.2. The number of aromatic amines is 1. The highest BCUT2D eigenvalue weighted by Gasteiger charge is 2.24. The van der Waals surface area contributed by atoms with Gasteiger partial charge in [0.2, 0.25) is 0 Å². The Balaban J connectivity index is 1.65. The molecule has 1 amide bonds. The van der Waals surface area contributed by atoms with Crippen LogP contribution in [0.25, 0.3) is 17.0 Å². The van der Waals surface area contributed by atoms with Crippen molar-refractivity contribution >= 4 is 22.9 Å². The number of aromatic nitrogens is 4. The minimum atomic E-state index is -0.380. The molecular weight excluding hydrogens is 387 g/mol. The van der Waals surface area contributed by atoms with E-state index in [9.17, 15) is 14.0 Å². The van der Waals surface area contributed by atoms with Crippen LogP contribution in [0.2, 0.25) is 0 Å². The van der Waals surface area contributed by atoms with E-state index >= 15 is 0 Å². The molecule has 0 saturated carbocycles. The number of carbonyl (C=O) groups excluding carboxylic acids is 1. The monoisotopic (exact) mass is 404 g/mol. The summed E-state index contributed by atoms with van der Waals surface area (Å²) in [5.41, 5.74) is 1.51. The van der Waals surface area contributed by atoms with E-state index in [-0.39, 0.29) is 24.0 Å². The topological polar surface area (TPSA) is 95.9 Å². The summed E-state index contributed by atoms with van der Waals surface area (Å²) in [7, 11) is 0. The molecule has 9 heteroatoms. The molecule has 1 aromatic carbocycles. The van der Waals surface area contributed by atoms with Crippen molar-refractivity contribution in [3.05, 3.63) is 82.2 Å². The molecule has 150 valence electrons. The predicted molar refractivity (Wildman–Crippen MR) is 109 cm³/mol. The van der Waals surface area contributed by atoms with E-state index in [0.717, 1.165) is 0 Å². The maximum Gasteiger partial charge on any atom is 0.333 e. The van der Waals surface area contributed by atoms with Crippen molar-refractivity contribution < 1.29 is 9.18 Å². The molecule has 4 heterocycles. The van der Waals surface area contributed by atoms with Crippen molar-refractivity contribution in [1.82, 2.24) is 24.8 Å². The smallest absolute Gasteiger partial charge is 0.333 e. The number of carbonyl (C=O) groups is 1. The fourth-order valence-electron chi connectivity index (χ4n) is 3.64. The normalized spacial score (nSPS) is 13.8. The fraction of sp³-hybridized carbons (Fsp3) is 0.143. The summed E-state index contributed by atoms with van der Waals surface area (Å²) in [5, 5.41) is 2.83. The third kappa shape index (κ3) is 3.00. The molecule has 4 aromatic rings. The lowest BCUT2D eigenvalue weighted by Crippen LogP contribution is -2.30. The van der Waals surface area contributed by atoms with Gasteiger partial charge < -0.3 is 10.2 Å². The molecular formula is C21H17FN6O2. The van der Waals surface area contributed by atoms with Gasteiger partial charge in [0.25, 0.3) is 5.91 Å². The van der Waals surface area contributed by atoms with Crippen molar-refractivity contribution in [2.75, 3.05) is 18.0 Å². The number of imidazole rings is 1. The number of pyridine rings is 2. The zero-order valence-corrected chi connectivity index (χ0v) is 15.8. The molecule has 0 spiro atoms. The van der Waals surface area contributed by atoms with Gasteiger partial charge in [0.1, 0.15) is 17.5 Å². The maximum atomic E-state index is 14.2. The van der Waals surface area contributed by atoms with Gasteiger partial charge in [-0.2, -0.15) is 0 Å². The Morgan fingerprint density at radius 3 is 2.80 bits per heavy atom. The lowest BCUT2D eigenvalue weighted by atomic mass is 10.1. The Morgan fingerprint density at radius 1 is 1.07 bits per heavy atom. The van der Waals surface area contributed by atoms with Crippen LogP contribution in [0.1, 0.15) is 15.9 Å². The fourth-order valence-corrected chi connectivity index (χ4v) is 3.64. The first-order valence-electron chi connectivity index (χ1n) is 9.45. The number of H-pyrrole nitrogens is 1. The van der Waals surface area contributed by atoms with Crippen molar-refractivity contribution in [2.24, 2.45) is 0 Å². The molecule has 0 atom stereocenters. The number of hydrogen-bond acceptors (Lipinski definition) is 5. The first-order chi connectivity index (χ1) is 14.6. The number of amides is 1. The molecule has 0 bridgehead atoms. The zero-order valence-electron chi connectivity index (χ0n) is 15.8. The molecule has 0 unspecified atom stereocenters. The molecule has 8 nitrogen and oxygen atoms in total. The van der Waals surface area contributed by atoms with Crippen LogP contribution in [-0.4, -0.2) is 38.5 Å². The van der Waals surface area contributed by atoms with Crippen LogP contribution < -0.4 is 15.9 Å². The van der Waals surface area contributed by atoms with Crippen molar-refractivity contribution in [2.45, 2.75) is 6.54 Å². The number of benzene rings is 1. The summed E-state index contributed by atoms with van der Waals surface area (Å²) in [6, 6.07) is 13.2. The van der Waals surface area contributed by atoms with E-state index in [2.05, 4.69) is 20.3 Å². The van der Waals surface area contributed by atoms with Crippen LogP contribution in [0, 0.1) is 5.82 Å². The predicted octanol–water partition coefficient (Wildman–Crippen LogP) is 2.00. The number of nitrogens with one attached hydrogen (secondary N) is 2. The van der Waals surface area contributed by atoms with E-state index in [1.807, 2.05) is 4.90 Å². The SMILES string of the molecule is O=C1NCCN(Cc2ccccc2F)c2nc(-n3c(=O)[nH]c4ncccc43)ccc21. The number of rotatable bonds is 3. The summed E-state index contributed by atoms with van der Waals surface area (Å²) < 4.78 is 15.7. The Hall–Kier alpha value is -4.01. The van der Waals surface area contributed by atoms with Crippen molar-refractivity contribution in [3.63, 3.8) is 0 Å². The number of fused-ring (bicyclic) bond motifs is 2. The average molecular weight is 404 g/mol. The van der Waals surface area contributed by atoms with Crippen LogP contribution in [0.4, 0.5) is 10.2 Å². The van der Waals surface area contributed by atoms with Crippen molar-refractivity contribution in [3.8, 4) is 5.82 Å². The minimum absolute atomic E-state index is 0.245. The molecule has 5 rings (SSSR count). The highest BCUT2D eigenvalue weighted by molar-refractivity contribution is 5.99. The molecule has 1 aliphatic heterocycles. The van der Waals surface area contributed by atoms with Gasteiger partial charge in [-0.3, -0.25) is 9.78 Å². The number of anilines is 1. The van der Waals surface area contributed by atoms with Crippen LogP contribution in [0.15, 0.2) is 59.5 Å². The van der Waals surface area contributed by atoms with E-state index in [1.54, 1.807) is 48.7 Å². The highest BCUT2D eigenvalue weighted by atomic mass is 19.1. The van der Waals surface area contributed by atoms with Gasteiger partial charge in [0, 0.05) is 31.4 Å². The summed E-state index contributed by atoms with van der Waals surface area (Å²) >= 11 is 0. The van der Waals surface area contributed by atoms with E-state index < -0.39 is 0 Å². The van der Waals surface area contributed by atoms with Crippen molar-refractivity contribution in [1.29, 1.82) is 0 Å². The molecule has 2 N–H and O–H groups in total. The Morgan fingerprint density at radius 2 is 1.93 bits per heavy atom. The largest absolute Gasteiger partial charge is 0.350 e. The first-order valence-corrected chi connectivity index (χ1v) is 9.45. The highest BCUT2D eigenvalue weighted by Crippen LogP contribution is 2.25. The quantitative estimate of drug-likeness (QED) is 0.545. The van der Waals surface area contributed by atoms with Gasteiger partial charge in [0.05, 0.1) is 11.1 Å². The van der Waals surface area contributed by atoms with Crippen LogP contribution in [0.5, 0.6) is 0 Å². The second-order valence-corrected chi connectivity index (χ2v) is 6.95. The van der Waals surface area contributed by atoms with E-state index in [4.69, 9.17) is 0 Å². The lowest BCUT2D eigenvalue weighted by molar-refractivity contribution is 0.0958. The summed E-state index contributed by atoms with van der Waals surface area (Å²) in [5.74, 6) is 0.174. The number of halogens is 1. The van der Waals surface area contributed by atoms with Gasteiger partial charge in [-0.05, 0) is 30.3 Å². The summed E-state index contributed by atoms with van der Waals surface area (Å²) in [6.45, 7) is 1.10. The standard InChI is InChI=1S/C21H17FN6O2/c22-15-5-2-1-4-13(15)12-27-11-10-24-20(29)14-7-8-17(25-19(14)27)28-16-6-3-9-23-18(16)26-21(28)30/h1-9H,10-12H2,(H,24,29)(H,23,26,30). The molecule has 0 aliphatic carbocycles. The minimum Gasteiger partial charge on any atom is -0.350 e. The molecule has 1 aliphatic rings. The Labute approximate surface area is 170 Å². The van der Waals surface area contributed by atoms with Crippen LogP contribution >= 0.6 is 0 Å². The van der Waals surface area contributed by atoms with Crippen LogP contribution in [-0.2, 0) is 6.54 Å². The van der Waals surface area contributed by atoms with E-state index in [1.165, 1.54) is 10.6 Å². The van der Waals surface area contributed by atoms with Gasteiger partial charge in [-0.1, -0.05) is 18.2 Å². The Kier molecular flexibility index (Phi) is 4.27. The number of nitrogens with zero attached hydrogens (tertiary/aromatic N) is 4. The van der Waals surface area contributed by atoms with E-state index in [0.29, 0.717) is 47.0 Å². The number of hydrogen-bond donors (Lipinski definition) is 2. The second-order valence-electron chi connectivity index (χ2n) is 6.95.